The van der Waals surface area contributed by atoms with Crippen molar-refractivity contribution in [3.8, 4) is 0 Å². The Kier molecular flexibility index (Phi) is 4.33. The summed E-state index contributed by atoms with van der Waals surface area (Å²) in [5, 5.41) is 4.22. The van der Waals surface area contributed by atoms with E-state index in [1.807, 2.05) is 38.4 Å². The van der Waals surface area contributed by atoms with Gasteiger partial charge in [-0.25, -0.2) is 0 Å². The van der Waals surface area contributed by atoms with E-state index < -0.39 is 0 Å². The van der Waals surface area contributed by atoms with Crippen LogP contribution in [-0.2, 0) is 0 Å². The van der Waals surface area contributed by atoms with Gasteiger partial charge in [-0.1, -0.05) is 23.7 Å². The van der Waals surface area contributed by atoms with Crippen molar-refractivity contribution in [2.24, 2.45) is 0 Å². The van der Waals surface area contributed by atoms with Crippen LogP contribution in [0.3, 0.4) is 0 Å². The van der Waals surface area contributed by atoms with Crippen LogP contribution in [0.25, 0.3) is 0 Å². The van der Waals surface area contributed by atoms with Crippen molar-refractivity contribution >= 4 is 23.0 Å². The van der Waals surface area contributed by atoms with Crippen LogP contribution in [0.5, 0.6) is 0 Å². The molecule has 0 spiro atoms. The number of rotatable bonds is 4. The molecule has 0 saturated carbocycles. The zero-order valence-corrected chi connectivity index (χ0v) is 12.3. The third kappa shape index (κ3) is 3.65. The van der Waals surface area contributed by atoms with Gasteiger partial charge in [0.05, 0.1) is 0 Å². The highest BCUT2D eigenvalue weighted by atomic mass is 35.5. The van der Waals surface area contributed by atoms with Gasteiger partial charge in [-0.05, 0) is 48.9 Å². The van der Waals surface area contributed by atoms with Gasteiger partial charge < -0.3 is 10.2 Å². The monoisotopic (exact) mass is 274 g/mol. The molecule has 1 N–H and O–H groups in total. The maximum Gasteiger partial charge on any atom is 0.0485 e. The molecule has 2 aromatic carbocycles. The Labute approximate surface area is 120 Å². The number of anilines is 2. The number of hydrogen-bond acceptors (Lipinski definition) is 2. The number of benzene rings is 2. The Balaban J connectivity index is 2.07. The molecule has 3 heteroatoms. The van der Waals surface area contributed by atoms with Gasteiger partial charge in [0, 0.05) is 36.5 Å². The third-order valence-electron chi connectivity index (χ3n) is 3.14. The molecule has 0 amide bonds. The molecule has 1 atom stereocenters. The summed E-state index contributed by atoms with van der Waals surface area (Å²) in [6.45, 7) is 2.15. The van der Waals surface area contributed by atoms with E-state index in [4.69, 9.17) is 11.6 Å². The van der Waals surface area contributed by atoms with E-state index >= 15 is 0 Å². The molecule has 0 radical (unpaired) electrons. The van der Waals surface area contributed by atoms with Crippen molar-refractivity contribution in [2.75, 3.05) is 24.3 Å². The molecule has 100 valence electrons. The first kappa shape index (κ1) is 13.8. The Bertz CT molecular complexity index is 517. The van der Waals surface area contributed by atoms with Crippen molar-refractivity contribution < 1.29 is 0 Å². The van der Waals surface area contributed by atoms with E-state index in [2.05, 4.69) is 41.4 Å². The number of hydrogen-bond donors (Lipinski definition) is 1. The first-order chi connectivity index (χ1) is 9.06. The first-order valence-electron chi connectivity index (χ1n) is 6.35. The van der Waals surface area contributed by atoms with Gasteiger partial charge >= 0.3 is 0 Å². The van der Waals surface area contributed by atoms with Gasteiger partial charge in [-0.15, -0.1) is 0 Å². The fourth-order valence-corrected chi connectivity index (χ4v) is 2.07. The van der Waals surface area contributed by atoms with E-state index in [0.717, 1.165) is 10.7 Å². The van der Waals surface area contributed by atoms with Crippen molar-refractivity contribution in [1.29, 1.82) is 0 Å². The molecule has 2 aromatic rings. The minimum atomic E-state index is 0.261. The summed E-state index contributed by atoms with van der Waals surface area (Å²) in [5.41, 5.74) is 3.55. The summed E-state index contributed by atoms with van der Waals surface area (Å²) in [6, 6.07) is 16.6. The third-order valence-corrected chi connectivity index (χ3v) is 3.39. The number of nitrogens with zero attached hydrogens (tertiary/aromatic N) is 1. The van der Waals surface area contributed by atoms with Crippen LogP contribution >= 0.6 is 11.6 Å². The van der Waals surface area contributed by atoms with Gasteiger partial charge in [-0.3, -0.25) is 0 Å². The Hall–Kier alpha value is -1.67. The second-order valence-corrected chi connectivity index (χ2v) is 5.30. The average molecular weight is 275 g/mol. The topological polar surface area (TPSA) is 15.3 Å². The lowest BCUT2D eigenvalue weighted by Crippen LogP contribution is -2.10. The molecule has 0 heterocycles. The fraction of sp³-hybridized carbons (Fsp3) is 0.250. The van der Waals surface area contributed by atoms with Crippen LogP contribution in [-0.4, -0.2) is 14.1 Å². The van der Waals surface area contributed by atoms with Crippen molar-refractivity contribution in [3.05, 3.63) is 59.1 Å². The van der Waals surface area contributed by atoms with Crippen LogP contribution in [0.15, 0.2) is 48.5 Å². The molecule has 0 aliphatic rings. The minimum absolute atomic E-state index is 0.261. The van der Waals surface area contributed by atoms with Gasteiger partial charge in [-0.2, -0.15) is 0 Å². The summed E-state index contributed by atoms with van der Waals surface area (Å²) in [5.74, 6) is 0. The smallest absolute Gasteiger partial charge is 0.0485 e. The zero-order valence-electron chi connectivity index (χ0n) is 11.5. The molecule has 0 aliphatic heterocycles. The maximum atomic E-state index is 5.88. The van der Waals surface area contributed by atoms with E-state index in [1.54, 1.807) is 0 Å². The summed E-state index contributed by atoms with van der Waals surface area (Å²) in [7, 11) is 4.09. The van der Waals surface area contributed by atoms with E-state index in [-0.39, 0.29) is 6.04 Å². The highest BCUT2D eigenvalue weighted by molar-refractivity contribution is 6.30. The summed E-state index contributed by atoms with van der Waals surface area (Å²) >= 11 is 5.88. The Morgan fingerprint density at radius 3 is 2.05 bits per heavy atom. The highest BCUT2D eigenvalue weighted by Crippen LogP contribution is 2.22. The Morgan fingerprint density at radius 2 is 1.53 bits per heavy atom. The second-order valence-electron chi connectivity index (χ2n) is 4.86. The highest BCUT2D eigenvalue weighted by Gasteiger charge is 2.05. The number of halogens is 1. The molecule has 0 saturated heterocycles. The molecule has 0 fully saturated rings. The van der Waals surface area contributed by atoms with Crippen LogP contribution in [0.1, 0.15) is 18.5 Å². The van der Waals surface area contributed by atoms with Crippen LogP contribution in [0.4, 0.5) is 11.4 Å². The summed E-state index contributed by atoms with van der Waals surface area (Å²) < 4.78 is 0. The molecular weight excluding hydrogens is 256 g/mol. The molecule has 2 nitrogen and oxygen atoms in total. The lowest BCUT2D eigenvalue weighted by atomic mass is 10.1. The Morgan fingerprint density at radius 1 is 0.947 bits per heavy atom. The molecule has 0 aliphatic carbocycles. The predicted octanol–water partition coefficient (Wildman–Crippen LogP) is 4.58. The predicted molar refractivity (Wildman–Crippen MR) is 84.3 cm³/mol. The van der Waals surface area contributed by atoms with Crippen molar-refractivity contribution in [1.82, 2.24) is 0 Å². The zero-order chi connectivity index (χ0) is 13.8. The lowest BCUT2D eigenvalue weighted by Gasteiger charge is -2.18. The van der Waals surface area contributed by atoms with E-state index in [1.165, 1.54) is 11.3 Å². The van der Waals surface area contributed by atoms with Crippen molar-refractivity contribution in [3.63, 3.8) is 0 Å². The molecule has 2 rings (SSSR count). The fourth-order valence-electron chi connectivity index (χ4n) is 1.94. The lowest BCUT2D eigenvalue weighted by molar-refractivity contribution is 0.884. The quantitative estimate of drug-likeness (QED) is 0.878. The van der Waals surface area contributed by atoms with Gasteiger partial charge in [0.25, 0.3) is 0 Å². The number of nitrogens with one attached hydrogen (secondary N) is 1. The van der Waals surface area contributed by atoms with Crippen LogP contribution in [0.2, 0.25) is 5.02 Å². The molecule has 0 bridgehead atoms. The SMILES string of the molecule is CC(Nc1ccc(Cl)cc1)c1ccc(N(C)C)cc1. The van der Waals surface area contributed by atoms with Crippen LogP contribution < -0.4 is 10.2 Å². The summed E-state index contributed by atoms with van der Waals surface area (Å²) in [6.07, 6.45) is 0. The van der Waals surface area contributed by atoms with Crippen LogP contribution in [0, 0.1) is 0 Å². The summed E-state index contributed by atoms with van der Waals surface area (Å²) in [4.78, 5) is 2.10. The average Bonchev–Trinajstić information content (AvgIpc) is 2.41. The molecule has 1 unspecified atom stereocenters. The molecule has 0 aromatic heterocycles. The van der Waals surface area contributed by atoms with E-state index in [0.29, 0.717) is 0 Å². The normalized spacial score (nSPS) is 12.0. The molecule has 19 heavy (non-hydrogen) atoms. The largest absolute Gasteiger partial charge is 0.379 e. The van der Waals surface area contributed by atoms with Crippen molar-refractivity contribution in [2.45, 2.75) is 13.0 Å². The second kappa shape index (κ2) is 5.98. The first-order valence-corrected chi connectivity index (χ1v) is 6.73. The van der Waals surface area contributed by atoms with E-state index in [9.17, 15) is 0 Å². The minimum Gasteiger partial charge on any atom is -0.379 e. The standard InChI is InChI=1S/C16H19ClN2/c1-12(18-15-8-6-14(17)7-9-15)13-4-10-16(11-5-13)19(2)3/h4-12,18H,1-3H3. The molecular formula is C16H19ClN2. The van der Waals surface area contributed by atoms with Gasteiger partial charge in [0.2, 0.25) is 0 Å². The van der Waals surface area contributed by atoms with Gasteiger partial charge in [0.1, 0.15) is 0 Å². The van der Waals surface area contributed by atoms with Gasteiger partial charge in [0.15, 0.2) is 0 Å². The maximum absolute atomic E-state index is 5.88.